The predicted molar refractivity (Wildman–Crippen MR) is 151 cm³/mol. The number of anilines is 2. The summed E-state index contributed by atoms with van der Waals surface area (Å²) in [6.07, 6.45) is 11.6. The van der Waals surface area contributed by atoms with Gasteiger partial charge in [0, 0.05) is 30.7 Å². The molecule has 5 rings (SSSR count). The highest BCUT2D eigenvalue weighted by atomic mass is 16.5. The maximum atomic E-state index is 6.17. The van der Waals surface area contributed by atoms with Crippen LogP contribution in [0.1, 0.15) is 74.8 Å². The Labute approximate surface area is 222 Å². The molecule has 1 saturated heterocycles. The molecule has 1 aliphatic heterocycles. The first kappa shape index (κ1) is 25.7. The fraction of sp³-hybridized carbons (Fsp3) is 0.455. The van der Waals surface area contributed by atoms with E-state index in [4.69, 9.17) is 14.2 Å². The molecule has 37 heavy (non-hydrogen) atoms. The summed E-state index contributed by atoms with van der Waals surface area (Å²) in [5, 5.41) is 3.68. The third-order valence-electron chi connectivity index (χ3n) is 7.80. The van der Waals surface area contributed by atoms with Gasteiger partial charge in [-0.3, -0.25) is 0 Å². The van der Waals surface area contributed by atoms with Crippen molar-refractivity contribution in [3.8, 4) is 11.5 Å². The molecule has 3 aromatic rings. The van der Waals surface area contributed by atoms with Crippen molar-refractivity contribution in [2.75, 3.05) is 25.1 Å². The van der Waals surface area contributed by atoms with Gasteiger partial charge < -0.3 is 19.5 Å². The topological polar surface area (TPSA) is 39.7 Å². The summed E-state index contributed by atoms with van der Waals surface area (Å²) in [6, 6.07) is 25.1. The van der Waals surface area contributed by atoms with Crippen LogP contribution in [-0.2, 0) is 11.3 Å². The fourth-order valence-corrected chi connectivity index (χ4v) is 5.69. The number of rotatable bonds is 11. The SMILES string of the molecule is c1ccc(COc2ccc(Nc3cccc(OCCCC4CCCCC4)c3)c(C3CCOCC3)c2)cc1. The van der Waals surface area contributed by atoms with Crippen LogP contribution in [0.3, 0.4) is 0 Å². The Hall–Kier alpha value is -2.98. The van der Waals surface area contributed by atoms with Crippen LogP contribution in [-0.4, -0.2) is 19.8 Å². The normalized spacial score (nSPS) is 16.9. The molecule has 3 aromatic carbocycles. The molecular weight excluding hydrogens is 458 g/mol. The minimum atomic E-state index is 0.454. The number of benzene rings is 3. The highest BCUT2D eigenvalue weighted by Crippen LogP contribution is 2.37. The van der Waals surface area contributed by atoms with Gasteiger partial charge in [-0.25, -0.2) is 0 Å². The van der Waals surface area contributed by atoms with Gasteiger partial charge in [0.1, 0.15) is 18.1 Å². The number of hydrogen-bond acceptors (Lipinski definition) is 4. The van der Waals surface area contributed by atoms with E-state index in [1.807, 2.05) is 18.2 Å². The predicted octanol–water partition coefficient (Wildman–Crippen LogP) is 8.64. The summed E-state index contributed by atoms with van der Waals surface area (Å²) in [7, 11) is 0. The summed E-state index contributed by atoms with van der Waals surface area (Å²) in [5.41, 5.74) is 4.66. The van der Waals surface area contributed by atoms with Crippen LogP contribution in [0, 0.1) is 5.92 Å². The Balaban J connectivity index is 1.22. The standard InChI is InChI=1S/C33H41NO3/c1-3-9-26(10-4-1)13-8-20-36-30-15-7-14-29(23-30)34-33-17-16-31(37-25-27-11-5-2-6-12-27)24-32(33)28-18-21-35-22-19-28/h2,5-7,11-12,14-17,23-24,26,28,34H,1,3-4,8-10,13,18-22,25H2. The first-order valence-corrected chi connectivity index (χ1v) is 14.2. The molecule has 0 aromatic heterocycles. The van der Waals surface area contributed by atoms with Gasteiger partial charge in [-0.1, -0.05) is 68.5 Å². The van der Waals surface area contributed by atoms with E-state index < -0.39 is 0 Å². The summed E-state index contributed by atoms with van der Waals surface area (Å²) in [4.78, 5) is 0. The Bertz CT molecular complexity index is 1090. The number of ether oxygens (including phenoxy) is 3. The van der Waals surface area contributed by atoms with Crippen molar-refractivity contribution in [2.24, 2.45) is 5.92 Å². The molecule has 4 nitrogen and oxygen atoms in total. The zero-order valence-electron chi connectivity index (χ0n) is 22.0. The zero-order valence-corrected chi connectivity index (χ0v) is 22.0. The van der Waals surface area contributed by atoms with Gasteiger partial charge in [0.05, 0.1) is 6.61 Å². The largest absolute Gasteiger partial charge is 0.494 e. The molecule has 1 aliphatic carbocycles. The average molecular weight is 500 g/mol. The second-order valence-electron chi connectivity index (χ2n) is 10.6. The Morgan fingerprint density at radius 1 is 0.757 bits per heavy atom. The van der Waals surface area contributed by atoms with Crippen LogP contribution >= 0.6 is 0 Å². The smallest absolute Gasteiger partial charge is 0.121 e. The first-order chi connectivity index (χ1) is 18.3. The second-order valence-corrected chi connectivity index (χ2v) is 10.6. The third kappa shape index (κ3) is 7.75. The monoisotopic (exact) mass is 499 g/mol. The van der Waals surface area contributed by atoms with Crippen molar-refractivity contribution in [3.63, 3.8) is 0 Å². The molecule has 2 aliphatic rings. The molecule has 1 N–H and O–H groups in total. The van der Waals surface area contributed by atoms with E-state index >= 15 is 0 Å². The van der Waals surface area contributed by atoms with E-state index in [0.29, 0.717) is 12.5 Å². The molecule has 0 bridgehead atoms. The highest BCUT2D eigenvalue weighted by molar-refractivity contribution is 5.66. The van der Waals surface area contributed by atoms with E-state index in [9.17, 15) is 0 Å². The van der Waals surface area contributed by atoms with Gasteiger partial charge in [0.25, 0.3) is 0 Å². The van der Waals surface area contributed by atoms with Gasteiger partial charge >= 0.3 is 0 Å². The lowest BCUT2D eigenvalue weighted by Gasteiger charge is -2.26. The molecule has 1 saturated carbocycles. The van der Waals surface area contributed by atoms with E-state index in [2.05, 4.69) is 59.9 Å². The number of nitrogens with one attached hydrogen (secondary N) is 1. The third-order valence-corrected chi connectivity index (χ3v) is 7.80. The minimum Gasteiger partial charge on any atom is -0.494 e. The van der Waals surface area contributed by atoms with Gasteiger partial charge in [-0.15, -0.1) is 0 Å². The molecule has 0 atom stereocenters. The first-order valence-electron chi connectivity index (χ1n) is 14.2. The Morgan fingerprint density at radius 2 is 1.57 bits per heavy atom. The fourth-order valence-electron chi connectivity index (χ4n) is 5.69. The molecule has 196 valence electrons. The lowest BCUT2D eigenvalue weighted by molar-refractivity contribution is 0.0854. The van der Waals surface area contributed by atoms with E-state index in [-0.39, 0.29) is 0 Å². The van der Waals surface area contributed by atoms with Crippen LogP contribution in [0.5, 0.6) is 11.5 Å². The molecular formula is C33H41NO3. The Kier molecular flexibility index (Phi) is 9.38. The molecule has 4 heteroatoms. The second kappa shape index (κ2) is 13.5. The van der Waals surface area contributed by atoms with Crippen molar-refractivity contribution in [1.82, 2.24) is 0 Å². The maximum absolute atomic E-state index is 6.17. The quantitative estimate of drug-likeness (QED) is 0.268. The Morgan fingerprint density at radius 3 is 2.41 bits per heavy atom. The van der Waals surface area contributed by atoms with Crippen LogP contribution in [0.15, 0.2) is 72.8 Å². The average Bonchev–Trinajstić information content (AvgIpc) is 2.97. The van der Waals surface area contributed by atoms with Crippen LogP contribution in [0.25, 0.3) is 0 Å². The summed E-state index contributed by atoms with van der Waals surface area (Å²) in [5.74, 6) is 3.21. The molecule has 0 radical (unpaired) electrons. The summed E-state index contributed by atoms with van der Waals surface area (Å²) < 4.78 is 18.0. The molecule has 1 heterocycles. The van der Waals surface area contributed by atoms with E-state index in [1.54, 1.807) is 0 Å². The summed E-state index contributed by atoms with van der Waals surface area (Å²) >= 11 is 0. The van der Waals surface area contributed by atoms with E-state index in [1.165, 1.54) is 49.7 Å². The van der Waals surface area contributed by atoms with Gasteiger partial charge in [-0.2, -0.15) is 0 Å². The van der Waals surface area contributed by atoms with Crippen molar-refractivity contribution >= 4 is 11.4 Å². The van der Waals surface area contributed by atoms with Crippen LogP contribution in [0.4, 0.5) is 11.4 Å². The minimum absolute atomic E-state index is 0.454. The van der Waals surface area contributed by atoms with Crippen molar-refractivity contribution < 1.29 is 14.2 Å². The van der Waals surface area contributed by atoms with Crippen molar-refractivity contribution in [2.45, 2.75) is 70.3 Å². The zero-order chi connectivity index (χ0) is 25.1. The van der Waals surface area contributed by atoms with Crippen LogP contribution in [0.2, 0.25) is 0 Å². The van der Waals surface area contributed by atoms with Crippen molar-refractivity contribution in [1.29, 1.82) is 0 Å². The van der Waals surface area contributed by atoms with E-state index in [0.717, 1.165) is 67.9 Å². The van der Waals surface area contributed by atoms with Gasteiger partial charge in [-0.05, 0) is 79.0 Å². The molecule has 0 amide bonds. The highest BCUT2D eigenvalue weighted by Gasteiger charge is 2.20. The maximum Gasteiger partial charge on any atom is 0.121 e. The van der Waals surface area contributed by atoms with Crippen LogP contribution < -0.4 is 14.8 Å². The lowest BCUT2D eigenvalue weighted by Crippen LogP contribution is -2.15. The molecule has 0 spiro atoms. The molecule has 0 unspecified atom stereocenters. The van der Waals surface area contributed by atoms with Gasteiger partial charge in [0.2, 0.25) is 0 Å². The number of hydrogen-bond donors (Lipinski definition) is 1. The molecule has 2 fully saturated rings. The summed E-state index contributed by atoms with van der Waals surface area (Å²) in [6.45, 7) is 2.98. The lowest BCUT2D eigenvalue weighted by atomic mass is 9.86. The van der Waals surface area contributed by atoms with Gasteiger partial charge in [0.15, 0.2) is 0 Å². The van der Waals surface area contributed by atoms with Crippen molar-refractivity contribution in [3.05, 3.63) is 83.9 Å².